The molecule has 1 aromatic carbocycles. The summed E-state index contributed by atoms with van der Waals surface area (Å²) in [7, 11) is 0. The van der Waals surface area contributed by atoms with Gasteiger partial charge in [-0.1, -0.05) is 29.8 Å². The first kappa shape index (κ1) is 18.4. The summed E-state index contributed by atoms with van der Waals surface area (Å²) in [6.45, 7) is 6.37. The molecule has 7 nitrogen and oxygen atoms in total. The average molecular weight is 379 g/mol. The number of nitrogens with one attached hydrogen (secondary N) is 1. The zero-order valence-corrected chi connectivity index (χ0v) is 16.1. The van der Waals surface area contributed by atoms with Gasteiger partial charge in [-0.2, -0.15) is 0 Å². The minimum Gasteiger partial charge on any atom is -0.459 e. The minimum absolute atomic E-state index is 0.204. The zero-order chi connectivity index (χ0) is 19.3. The number of aryl methyl sites for hydroxylation is 1. The minimum atomic E-state index is -0.204. The van der Waals surface area contributed by atoms with Crippen LogP contribution in [-0.2, 0) is 25.9 Å². The van der Waals surface area contributed by atoms with E-state index < -0.39 is 0 Å². The van der Waals surface area contributed by atoms with E-state index in [-0.39, 0.29) is 5.91 Å². The third-order valence-electron chi connectivity index (χ3n) is 5.10. The molecule has 0 saturated carbocycles. The number of benzene rings is 1. The molecule has 1 aliphatic rings. The molecule has 1 amide bonds. The van der Waals surface area contributed by atoms with Gasteiger partial charge in [0.05, 0.1) is 6.26 Å². The van der Waals surface area contributed by atoms with Gasteiger partial charge in [-0.3, -0.25) is 9.69 Å². The van der Waals surface area contributed by atoms with Crippen molar-refractivity contribution in [2.24, 2.45) is 0 Å². The van der Waals surface area contributed by atoms with Gasteiger partial charge in [0.1, 0.15) is 11.6 Å². The molecule has 1 aliphatic heterocycles. The molecular formula is C21H25N5O2. The highest BCUT2D eigenvalue weighted by Gasteiger charge is 2.19. The van der Waals surface area contributed by atoms with Crippen LogP contribution in [0.25, 0.3) is 0 Å². The summed E-state index contributed by atoms with van der Waals surface area (Å²) < 4.78 is 7.31. The first-order valence-corrected chi connectivity index (χ1v) is 9.69. The van der Waals surface area contributed by atoms with Crippen molar-refractivity contribution in [2.45, 2.75) is 32.9 Å². The molecule has 7 heteroatoms. The fraction of sp³-hybridized carbons (Fsp3) is 0.381. The second-order valence-corrected chi connectivity index (χ2v) is 7.18. The van der Waals surface area contributed by atoms with Crippen molar-refractivity contribution < 1.29 is 9.21 Å². The molecule has 146 valence electrons. The van der Waals surface area contributed by atoms with Crippen molar-refractivity contribution in [3.8, 4) is 0 Å². The van der Waals surface area contributed by atoms with Crippen LogP contribution >= 0.6 is 0 Å². The third-order valence-corrected chi connectivity index (χ3v) is 5.10. The summed E-state index contributed by atoms with van der Waals surface area (Å²) in [4.78, 5) is 14.4. The number of hydrogen-bond acceptors (Lipinski definition) is 5. The molecule has 0 aliphatic carbocycles. The number of carbonyl (C=O) groups is 1. The largest absolute Gasteiger partial charge is 0.459 e. The Bertz CT molecular complexity index is 915. The lowest BCUT2D eigenvalue weighted by Gasteiger charge is -2.19. The number of carbonyl (C=O) groups excluding carboxylic acids is 1. The second kappa shape index (κ2) is 8.39. The highest BCUT2D eigenvalue weighted by atomic mass is 16.3. The topological polar surface area (TPSA) is 76.2 Å². The van der Waals surface area contributed by atoms with Gasteiger partial charge in [-0.25, -0.2) is 0 Å². The molecular weight excluding hydrogens is 354 g/mol. The maximum absolute atomic E-state index is 12.0. The quantitative estimate of drug-likeness (QED) is 0.711. The average Bonchev–Trinajstić information content (AvgIpc) is 3.32. The summed E-state index contributed by atoms with van der Waals surface area (Å²) in [6, 6.07) is 12.1. The van der Waals surface area contributed by atoms with Gasteiger partial charge in [0.25, 0.3) is 5.91 Å². The predicted octanol–water partition coefficient (Wildman–Crippen LogP) is 2.21. The smallest absolute Gasteiger partial charge is 0.286 e. The maximum atomic E-state index is 12.0. The van der Waals surface area contributed by atoms with Crippen LogP contribution in [0.15, 0.2) is 47.1 Å². The number of nitrogens with zero attached hydrogens (tertiary/aromatic N) is 4. The van der Waals surface area contributed by atoms with Crippen molar-refractivity contribution >= 4 is 5.91 Å². The molecule has 0 saturated heterocycles. The summed E-state index contributed by atoms with van der Waals surface area (Å²) in [5.41, 5.74) is 2.62. The molecule has 0 spiro atoms. The SMILES string of the molecule is Cc1ccc(CN2CCc3nnc(CCNC(=O)c4ccco4)n3CC2)cc1. The van der Waals surface area contributed by atoms with Gasteiger partial charge in [0.2, 0.25) is 0 Å². The number of amides is 1. The van der Waals surface area contributed by atoms with E-state index >= 15 is 0 Å². The third kappa shape index (κ3) is 4.31. The van der Waals surface area contributed by atoms with Crippen molar-refractivity contribution in [1.82, 2.24) is 25.0 Å². The molecule has 4 rings (SSSR count). The van der Waals surface area contributed by atoms with Crippen molar-refractivity contribution in [3.05, 3.63) is 71.2 Å². The van der Waals surface area contributed by atoms with E-state index in [1.54, 1.807) is 12.1 Å². The molecule has 3 aromatic rings. The van der Waals surface area contributed by atoms with E-state index in [0.717, 1.165) is 44.2 Å². The first-order valence-electron chi connectivity index (χ1n) is 9.69. The molecule has 0 atom stereocenters. The molecule has 2 aromatic heterocycles. The van der Waals surface area contributed by atoms with Crippen molar-refractivity contribution in [2.75, 3.05) is 19.6 Å². The molecule has 3 heterocycles. The van der Waals surface area contributed by atoms with Gasteiger partial charge in [0, 0.05) is 45.6 Å². The number of fused-ring (bicyclic) bond motifs is 1. The van der Waals surface area contributed by atoms with Gasteiger partial charge in [-0.05, 0) is 24.6 Å². The summed E-state index contributed by atoms with van der Waals surface area (Å²) in [5, 5.41) is 11.6. The van der Waals surface area contributed by atoms with Crippen LogP contribution in [-0.4, -0.2) is 45.2 Å². The predicted molar refractivity (Wildman–Crippen MR) is 105 cm³/mol. The highest BCUT2D eigenvalue weighted by Crippen LogP contribution is 2.13. The van der Waals surface area contributed by atoms with Crippen LogP contribution in [0.5, 0.6) is 0 Å². The van der Waals surface area contributed by atoms with Crippen molar-refractivity contribution in [1.29, 1.82) is 0 Å². The Morgan fingerprint density at radius 3 is 2.79 bits per heavy atom. The number of rotatable bonds is 6. The van der Waals surface area contributed by atoms with Crippen LogP contribution in [0.1, 0.15) is 33.3 Å². The zero-order valence-electron chi connectivity index (χ0n) is 16.1. The van der Waals surface area contributed by atoms with Crippen LogP contribution in [0.4, 0.5) is 0 Å². The van der Waals surface area contributed by atoms with Gasteiger partial charge in [-0.15, -0.1) is 10.2 Å². The first-order chi connectivity index (χ1) is 13.7. The molecule has 0 radical (unpaired) electrons. The lowest BCUT2D eigenvalue weighted by Crippen LogP contribution is -2.28. The van der Waals surface area contributed by atoms with Crippen LogP contribution < -0.4 is 5.32 Å². The molecule has 0 unspecified atom stereocenters. The summed E-state index contributed by atoms with van der Waals surface area (Å²) in [6.07, 6.45) is 3.03. The van der Waals surface area contributed by atoms with Gasteiger partial charge < -0.3 is 14.3 Å². The fourth-order valence-electron chi connectivity index (χ4n) is 3.50. The van der Waals surface area contributed by atoms with E-state index in [1.165, 1.54) is 17.4 Å². The lowest BCUT2D eigenvalue weighted by molar-refractivity contribution is 0.0926. The fourth-order valence-corrected chi connectivity index (χ4v) is 3.50. The number of aromatic nitrogens is 3. The van der Waals surface area contributed by atoms with E-state index in [0.29, 0.717) is 18.7 Å². The number of furan rings is 1. The Balaban J connectivity index is 1.32. The van der Waals surface area contributed by atoms with E-state index in [4.69, 9.17) is 4.42 Å². The molecule has 1 N–H and O–H groups in total. The Morgan fingerprint density at radius 1 is 1.14 bits per heavy atom. The Kier molecular flexibility index (Phi) is 5.53. The number of hydrogen-bond donors (Lipinski definition) is 1. The van der Waals surface area contributed by atoms with Crippen LogP contribution in [0.3, 0.4) is 0 Å². The summed E-state index contributed by atoms with van der Waals surface area (Å²) >= 11 is 0. The maximum Gasteiger partial charge on any atom is 0.286 e. The van der Waals surface area contributed by atoms with E-state index in [1.807, 2.05) is 0 Å². The standard InChI is InChI=1S/C21H25N5O2/c1-16-4-6-17(7-5-16)15-25-11-9-20-24-23-19(26(20)13-12-25)8-10-22-21(27)18-3-2-14-28-18/h2-7,14H,8-13,15H2,1H3,(H,22,27). The van der Waals surface area contributed by atoms with Gasteiger partial charge >= 0.3 is 0 Å². The van der Waals surface area contributed by atoms with Crippen LogP contribution in [0.2, 0.25) is 0 Å². The second-order valence-electron chi connectivity index (χ2n) is 7.18. The lowest BCUT2D eigenvalue weighted by atomic mass is 10.1. The van der Waals surface area contributed by atoms with E-state index in [2.05, 4.69) is 56.2 Å². The monoisotopic (exact) mass is 379 g/mol. The normalized spacial score (nSPS) is 14.5. The molecule has 28 heavy (non-hydrogen) atoms. The Morgan fingerprint density at radius 2 is 2.00 bits per heavy atom. The van der Waals surface area contributed by atoms with Gasteiger partial charge in [0.15, 0.2) is 5.76 Å². The van der Waals surface area contributed by atoms with E-state index in [9.17, 15) is 4.79 Å². The Hall–Kier alpha value is -2.93. The Labute approximate surface area is 164 Å². The summed E-state index contributed by atoms with van der Waals surface area (Å²) in [5.74, 6) is 2.07. The highest BCUT2D eigenvalue weighted by molar-refractivity contribution is 5.91. The van der Waals surface area contributed by atoms with Crippen LogP contribution in [0, 0.1) is 6.92 Å². The van der Waals surface area contributed by atoms with Crippen molar-refractivity contribution in [3.63, 3.8) is 0 Å². The molecule has 0 bridgehead atoms. The molecule has 0 fully saturated rings.